The Kier molecular flexibility index (Phi) is 11.5. The van der Waals surface area contributed by atoms with Gasteiger partial charge in [-0.3, -0.25) is 4.79 Å². The van der Waals surface area contributed by atoms with Crippen molar-refractivity contribution in [3.8, 4) is 11.3 Å². The van der Waals surface area contributed by atoms with Gasteiger partial charge in [0.15, 0.2) is 5.78 Å². The second-order valence-corrected chi connectivity index (χ2v) is 12.0. The number of rotatable bonds is 4. The molecular weight excluding hydrogens is 635 g/mol. The molecule has 1 aromatic heterocycles. The summed E-state index contributed by atoms with van der Waals surface area (Å²) in [5.74, 6) is 0.691. The minimum Gasteiger partial charge on any atom is -0.512 e. The zero-order valence-electron chi connectivity index (χ0n) is 24.5. The van der Waals surface area contributed by atoms with Gasteiger partial charge in [0.05, 0.1) is 0 Å². The molecule has 1 radical (unpaired) electrons. The molecule has 4 heteroatoms. The van der Waals surface area contributed by atoms with Crippen LogP contribution in [-0.2, 0) is 24.9 Å². The van der Waals surface area contributed by atoms with Crippen molar-refractivity contribution in [1.29, 1.82) is 0 Å². The van der Waals surface area contributed by atoms with Crippen molar-refractivity contribution in [3.63, 3.8) is 0 Å². The average molecular weight is 679 g/mol. The second kappa shape index (κ2) is 13.0. The number of aliphatic hydroxyl groups excluding tert-OH is 1. The molecule has 1 heterocycles. The minimum atomic E-state index is -0.417. The van der Waals surface area contributed by atoms with E-state index >= 15 is 0 Å². The van der Waals surface area contributed by atoms with E-state index < -0.39 is 5.41 Å². The molecule has 0 amide bonds. The molecule has 0 fully saturated rings. The van der Waals surface area contributed by atoms with Gasteiger partial charge in [0, 0.05) is 43.2 Å². The number of hydrogen-bond donors (Lipinski definition) is 1. The van der Waals surface area contributed by atoms with E-state index in [4.69, 9.17) is 0 Å². The molecule has 37 heavy (non-hydrogen) atoms. The second-order valence-electron chi connectivity index (χ2n) is 12.0. The SMILES string of the molecule is CC(C)(C)C(=O)C=C(O)C(C)(C)C.CCC(C)c1cc2ccnc(-c3[c-]c(C)cc(C)c3)c2cc1C.[Ir]. The van der Waals surface area contributed by atoms with Gasteiger partial charge < -0.3 is 10.1 Å². The first kappa shape index (κ1) is 32.7. The van der Waals surface area contributed by atoms with Gasteiger partial charge in [0.2, 0.25) is 0 Å². The smallest absolute Gasteiger partial charge is 0.164 e. The molecule has 1 unspecified atom stereocenters. The van der Waals surface area contributed by atoms with Crippen LogP contribution in [-0.4, -0.2) is 15.9 Å². The van der Waals surface area contributed by atoms with E-state index in [-0.39, 0.29) is 37.1 Å². The summed E-state index contributed by atoms with van der Waals surface area (Å²) >= 11 is 0. The maximum absolute atomic E-state index is 11.5. The topological polar surface area (TPSA) is 50.2 Å². The van der Waals surface area contributed by atoms with Crippen LogP contribution in [0.5, 0.6) is 0 Å². The van der Waals surface area contributed by atoms with Crippen molar-refractivity contribution < 1.29 is 30.0 Å². The van der Waals surface area contributed by atoms with Crippen LogP contribution in [0.15, 0.2) is 48.4 Å². The van der Waals surface area contributed by atoms with Gasteiger partial charge in [-0.15, -0.1) is 34.9 Å². The van der Waals surface area contributed by atoms with Crippen LogP contribution in [0.2, 0.25) is 0 Å². The molecule has 1 N–H and O–H groups in total. The number of allylic oxidation sites excluding steroid dienone is 2. The van der Waals surface area contributed by atoms with Crippen LogP contribution in [0.25, 0.3) is 22.0 Å². The number of carbonyl (C=O) groups is 1. The Hall–Kier alpha value is -2.29. The third kappa shape index (κ3) is 8.90. The summed E-state index contributed by atoms with van der Waals surface area (Å²) in [6.45, 7) is 22.1. The van der Waals surface area contributed by atoms with Crippen molar-refractivity contribution in [2.75, 3.05) is 0 Å². The first-order chi connectivity index (χ1) is 16.5. The first-order valence-corrected chi connectivity index (χ1v) is 12.9. The number of pyridine rings is 1. The zero-order chi connectivity index (χ0) is 27.4. The Bertz CT molecular complexity index is 1240. The molecule has 3 aromatic rings. The summed E-state index contributed by atoms with van der Waals surface area (Å²) < 4.78 is 0. The van der Waals surface area contributed by atoms with Crippen molar-refractivity contribution in [2.45, 2.75) is 88.5 Å². The van der Waals surface area contributed by atoms with Crippen LogP contribution in [0, 0.1) is 37.7 Å². The van der Waals surface area contributed by atoms with Crippen LogP contribution in [0.1, 0.15) is 90.0 Å². The van der Waals surface area contributed by atoms with Gasteiger partial charge in [-0.2, -0.15) is 0 Å². The van der Waals surface area contributed by atoms with E-state index in [0.717, 1.165) is 23.2 Å². The fraction of sp³-hybridized carbons (Fsp3) is 0.455. The van der Waals surface area contributed by atoms with Gasteiger partial charge in [0.25, 0.3) is 0 Å². The van der Waals surface area contributed by atoms with Gasteiger partial charge >= 0.3 is 0 Å². The number of carbonyl (C=O) groups excluding carboxylic acids is 1. The molecule has 203 valence electrons. The van der Waals surface area contributed by atoms with Crippen molar-refractivity contribution >= 4 is 16.6 Å². The Balaban J connectivity index is 0.000000423. The van der Waals surface area contributed by atoms with Gasteiger partial charge in [-0.05, 0) is 52.9 Å². The normalized spacial score (nSPS) is 12.9. The monoisotopic (exact) mass is 679 g/mol. The Labute approximate surface area is 238 Å². The Morgan fingerprint density at radius 1 is 1.03 bits per heavy atom. The number of hydrogen-bond acceptors (Lipinski definition) is 3. The third-order valence-electron chi connectivity index (χ3n) is 6.47. The maximum atomic E-state index is 11.5. The van der Waals surface area contributed by atoms with Gasteiger partial charge in [-0.25, -0.2) is 0 Å². The maximum Gasteiger partial charge on any atom is 0.164 e. The fourth-order valence-corrected chi connectivity index (χ4v) is 3.89. The quantitative estimate of drug-likeness (QED) is 0.170. The molecule has 0 aliphatic carbocycles. The summed E-state index contributed by atoms with van der Waals surface area (Å²) in [4.78, 5) is 16.1. The van der Waals surface area contributed by atoms with E-state index in [9.17, 15) is 9.90 Å². The van der Waals surface area contributed by atoms with Crippen molar-refractivity contribution in [3.05, 3.63) is 76.7 Å². The van der Waals surface area contributed by atoms with E-state index in [0.29, 0.717) is 5.92 Å². The number of fused-ring (bicyclic) bond motifs is 1. The first-order valence-electron chi connectivity index (χ1n) is 12.9. The van der Waals surface area contributed by atoms with Crippen LogP contribution in [0.3, 0.4) is 0 Å². The predicted octanol–water partition coefficient (Wildman–Crippen LogP) is 9.23. The molecule has 3 nitrogen and oxygen atoms in total. The number of benzene rings is 2. The van der Waals surface area contributed by atoms with Crippen molar-refractivity contribution in [1.82, 2.24) is 4.98 Å². The molecule has 0 bridgehead atoms. The molecule has 0 saturated heterocycles. The fourth-order valence-electron chi connectivity index (χ4n) is 3.89. The summed E-state index contributed by atoms with van der Waals surface area (Å²) in [5, 5.41) is 12.0. The third-order valence-corrected chi connectivity index (χ3v) is 6.47. The van der Waals surface area contributed by atoms with Gasteiger partial charge in [-0.1, -0.05) is 81.4 Å². The number of aryl methyl sites for hydroxylation is 3. The van der Waals surface area contributed by atoms with E-state index in [1.54, 1.807) is 0 Å². The largest absolute Gasteiger partial charge is 0.512 e. The minimum absolute atomic E-state index is 0. The number of nitrogens with zero attached hydrogens (tertiary/aromatic N) is 1. The summed E-state index contributed by atoms with van der Waals surface area (Å²) in [7, 11) is 0. The standard InChI is InChI=1S/C22H24N.C11H20O2.Ir/c1-6-16(4)20-13-18-7-8-23-22(21(18)12-17(20)5)19-10-14(2)9-15(3)11-19;1-10(2,3)8(12)7-9(13)11(4,5)6;/h7-10,12-13,16H,6H2,1-5H3;7,12H,1-6H3;/q-1;;. The zero-order valence-corrected chi connectivity index (χ0v) is 26.9. The van der Waals surface area contributed by atoms with E-state index in [1.165, 1.54) is 33.5 Å². The molecule has 1 atom stereocenters. The molecular formula is C33H44IrNO2-. The molecule has 0 aliphatic heterocycles. The summed E-state index contributed by atoms with van der Waals surface area (Å²) in [6.07, 6.45) is 4.41. The molecule has 0 spiro atoms. The summed E-state index contributed by atoms with van der Waals surface area (Å²) in [6, 6.07) is 14.5. The van der Waals surface area contributed by atoms with Crippen molar-refractivity contribution in [2.24, 2.45) is 10.8 Å². The number of aliphatic hydroxyl groups is 1. The number of aromatic nitrogens is 1. The van der Waals surface area contributed by atoms with Crippen LogP contribution in [0.4, 0.5) is 0 Å². The Morgan fingerprint density at radius 3 is 2.16 bits per heavy atom. The number of ketones is 1. The van der Waals surface area contributed by atoms with E-state index in [1.807, 2.05) is 47.7 Å². The Morgan fingerprint density at radius 2 is 1.65 bits per heavy atom. The van der Waals surface area contributed by atoms with Crippen LogP contribution >= 0.6 is 0 Å². The predicted molar refractivity (Wildman–Crippen MR) is 154 cm³/mol. The van der Waals surface area contributed by atoms with E-state index in [2.05, 4.69) is 76.0 Å². The molecule has 3 rings (SSSR count). The molecule has 0 aliphatic rings. The summed E-state index contributed by atoms with van der Waals surface area (Å²) in [5.41, 5.74) is 6.57. The van der Waals surface area contributed by atoms with Gasteiger partial charge in [0.1, 0.15) is 5.76 Å². The molecule has 2 aromatic carbocycles. The molecule has 0 saturated carbocycles. The average Bonchev–Trinajstić information content (AvgIpc) is 2.76. The van der Waals surface area contributed by atoms with Crippen LogP contribution < -0.4 is 0 Å².